The molecule has 2 heterocycles. The average Bonchev–Trinajstić information content (AvgIpc) is 3.10. The third kappa shape index (κ3) is 2.72. The largest absolute Gasteiger partial charge is 0.269 e. The zero-order valence-corrected chi connectivity index (χ0v) is 12.9. The Morgan fingerprint density at radius 3 is 2.55 bits per heavy atom. The van der Waals surface area contributed by atoms with Crippen molar-refractivity contribution in [3.05, 3.63) is 46.5 Å². The lowest BCUT2D eigenvalue weighted by molar-refractivity contribution is 0.0679. The van der Waals surface area contributed by atoms with E-state index < -0.39 is 0 Å². The lowest BCUT2D eigenvalue weighted by Gasteiger charge is -2.09. The van der Waals surface area contributed by atoms with Gasteiger partial charge in [0.15, 0.2) is 0 Å². The van der Waals surface area contributed by atoms with Crippen LogP contribution >= 0.6 is 22.9 Å². The molecule has 2 aromatic rings. The van der Waals surface area contributed by atoms with E-state index >= 15 is 0 Å². The minimum absolute atomic E-state index is 0.104. The Morgan fingerprint density at radius 1 is 1.27 bits per heavy atom. The molecule has 3 rings (SSSR count). The van der Waals surface area contributed by atoms with Crippen LogP contribution in [0.2, 0.25) is 0 Å². The smallest absolute Gasteiger partial charge is 0.261 e. The summed E-state index contributed by atoms with van der Waals surface area (Å²) in [6.07, 6.45) is 1.46. The number of rotatable bonds is 5. The molecule has 0 radical (unpaired) electrons. The molecule has 22 heavy (non-hydrogen) atoms. The molecule has 0 unspecified atom stereocenters. The van der Waals surface area contributed by atoms with Crippen molar-refractivity contribution < 1.29 is 9.59 Å². The molecule has 1 aliphatic rings. The molecular weight excluding hydrogens is 324 g/mol. The van der Waals surface area contributed by atoms with Crippen molar-refractivity contribution in [2.24, 2.45) is 5.10 Å². The van der Waals surface area contributed by atoms with Crippen molar-refractivity contribution in [1.82, 2.24) is 9.88 Å². The van der Waals surface area contributed by atoms with Crippen molar-refractivity contribution >= 4 is 46.1 Å². The summed E-state index contributed by atoms with van der Waals surface area (Å²) in [5.41, 5.74) is 4.37. The number of halogens is 1. The Labute approximate surface area is 135 Å². The monoisotopic (exact) mass is 334 g/mol. The van der Waals surface area contributed by atoms with Gasteiger partial charge in [-0.15, -0.1) is 22.9 Å². The maximum atomic E-state index is 12.1. The van der Waals surface area contributed by atoms with E-state index in [9.17, 15) is 9.59 Å². The van der Waals surface area contributed by atoms with Gasteiger partial charge in [0.1, 0.15) is 0 Å². The van der Waals surface area contributed by atoms with Gasteiger partial charge in [-0.2, -0.15) is 5.10 Å². The molecule has 0 saturated carbocycles. The number of imide groups is 1. The predicted octanol–water partition coefficient (Wildman–Crippen LogP) is 2.58. The van der Waals surface area contributed by atoms with E-state index in [0.717, 1.165) is 10.6 Å². The standard InChI is InChI=1S/C14H11ClN4O2S/c15-7-9-8-22-14(17-9)18-16-5-6-19-12(20)10-3-1-2-4-11(10)13(19)21/h1-5,8H,6-7H2,(H,17,18)/b16-5+. The molecule has 0 atom stereocenters. The molecule has 1 N–H and O–H groups in total. The first-order valence-corrected chi connectivity index (χ1v) is 7.85. The maximum absolute atomic E-state index is 12.1. The van der Waals surface area contributed by atoms with E-state index in [1.807, 2.05) is 5.38 Å². The summed E-state index contributed by atoms with van der Waals surface area (Å²) < 4.78 is 0. The number of hydrazone groups is 1. The van der Waals surface area contributed by atoms with E-state index in [1.165, 1.54) is 17.6 Å². The van der Waals surface area contributed by atoms with Crippen LogP contribution in [-0.4, -0.2) is 34.5 Å². The van der Waals surface area contributed by atoms with Crippen LogP contribution in [0.3, 0.4) is 0 Å². The number of carbonyl (C=O) groups excluding carboxylic acids is 2. The molecule has 1 aliphatic heterocycles. The molecule has 1 aromatic carbocycles. The number of hydrogen-bond acceptors (Lipinski definition) is 6. The summed E-state index contributed by atoms with van der Waals surface area (Å²) in [5.74, 6) is -0.256. The van der Waals surface area contributed by atoms with Gasteiger partial charge >= 0.3 is 0 Å². The van der Waals surface area contributed by atoms with Gasteiger partial charge in [-0.1, -0.05) is 12.1 Å². The highest BCUT2D eigenvalue weighted by molar-refractivity contribution is 7.13. The summed E-state index contributed by atoms with van der Waals surface area (Å²) in [6, 6.07) is 6.77. The summed E-state index contributed by atoms with van der Waals surface area (Å²) >= 11 is 7.04. The third-order valence-corrected chi connectivity index (χ3v) is 4.15. The Hall–Kier alpha value is -2.25. The second-order valence-corrected chi connectivity index (χ2v) is 5.59. The zero-order chi connectivity index (χ0) is 15.5. The van der Waals surface area contributed by atoms with Crippen molar-refractivity contribution in [3.8, 4) is 0 Å². The van der Waals surface area contributed by atoms with E-state index in [-0.39, 0.29) is 18.4 Å². The molecule has 112 valence electrons. The van der Waals surface area contributed by atoms with Gasteiger partial charge in [-0.25, -0.2) is 4.98 Å². The van der Waals surface area contributed by atoms with E-state index in [1.54, 1.807) is 24.3 Å². The first-order chi connectivity index (χ1) is 10.7. The van der Waals surface area contributed by atoms with Crippen molar-refractivity contribution in [2.75, 3.05) is 12.0 Å². The fourth-order valence-corrected chi connectivity index (χ4v) is 2.94. The van der Waals surface area contributed by atoms with Gasteiger partial charge in [0, 0.05) is 11.6 Å². The zero-order valence-electron chi connectivity index (χ0n) is 11.3. The highest BCUT2D eigenvalue weighted by Crippen LogP contribution is 2.21. The number of carbonyl (C=O) groups is 2. The number of amides is 2. The van der Waals surface area contributed by atoms with Gasteiger partial charge in [0.2, 0.25) is 5.13 Å². The first kappa shape index (κ1) is 14.7. The Morgan fingerprint density at radius 2 is 1.95 bits per heavy atom. The maximum Gasteiger partial charge on any atom is 0.261 e. The number of aromatic nitrogens is 1. The first-order valence-electron chi connectivity index (χ1n) is 6.44. The van der Waals surface area contributed by atoms with Gasteiger partial charge in [-0.3, -0.25) is 19.9 Å². The molecule has 0 saturated heterocycles. The Balaban J connectivity index is 1.61. The summed E-state index contributed by atoms with van der Waals surface area (Å²) in [4.78, 5) is 29.6. The van der Waals surface area contributed by atoms with E-state index in [0.29, 0.717) is 22.1 Å². The summed E-state index contributed by atoms with van der Waals surface area (Å²) in [7, 11) is 0. The van der Waals surface area contributed by atoms with Gasteiger partial charge in [0.05, 0.1) is 29.2 Å². The molecule has 1 aromatic heterocycles. The molecule has 0 spiro atoms. The normalized spacial score (nSPS) is 14.0. The third-order valence-electron chi connectivity index (χ3n) is 3.08. The van der Waals surface area contributed by atoms with Crippen LogP contribution in [0, 0.1) is 0 Å². The SMILES string of the molecule is O=C1c2ccccc2C(=O)N1C/C=N/Nc1nc(CCl)cs1. The number of fused-ring (bicyclic) bond motifs is 1. The molecule has 0 fully saturated rings. The fourth-order valence-electron chi connectivity index (χ4n) is 2.05. The van der Waals surface area contributed by atoms with Crippen molar-refractivity contribution in [2.45, 2.75) is 5.88 Å². The number of hydrogen-bond donors (Lipinski definition) is 1. The summed E-state index contributed by atoms with van der Waals surface area (Å²) in [6.45, 7) is 0.104. The van der Waals surface area contributed by atoms with Crippen LogP contribution in [0.1, 0.15) is 26.4 Å². The highest BCUT2D eigenvalue weighted by atomic mass is 35.5. The van der Waals surface area contributed by atoms with E-state index in [4.69, 9.17) is 11.6 Å². The molecule has 0 aliphatic carbocycles. The lowest BCUT2D eigenvalue weighted by atomic mass is 10.1. The Kier molecular flexibility index (Phi) is 4.17. The lowest BCUT2D eigenvalue weighted by Crippen LogP contribution is -2.31. The summed E-state index contributed by atoms with van der Waals surface area (Å²) in [5, 5.41) is 6.40. The average molecular weight is 335 g/mol. The highest BCUT2D eigenvalue weighted by Gasteiger charge is 2.34. The Bertz CT molecular complexity index is 724. The number of nitrogens with one attached hydrogen (secondary N) is 1. The van der Waals surface area contributed by atoms with Crippen LogP contribution < -0.4 is 5.43 Å². The number of anilines is 1. The predicted molar refractivity (Wildman–Crippen MR) is 85.6 cm³/mol. The van der Waals surface area contributed by atoms with Gasteiger partial charge < -0.3 is 0 Å². The second-order valence-electron chi connectivity index (χ2n) is 4.47. The van der Waals surface area contributed by atoms with Crippen LogP contribution in [0.15, 0.2) is 34.7 Å². The fraction of sp³-hybridized carbons (Fsp3) is 0.143. The molecular formula is C14H11ClN4O2S. The minimum atomic E-state index is -0.300. The van der Waals surface area contributed by atoms with Crippen molar-refractivity contribution in [1.29, 1.82) is 0 Å². The second kappa shape index (κ2) is 6.25. The molecule has 8 heteroatoms. The molecule has 6 nitrogen and oxygen atoms in total. The van der Waals surface area contributed by atoms with Crippen LogP contribution in [0.5, 0.6) is 0 Å². The number of alkyl halides is 1. The minimum Gasteiger partial charge on any atom is -0.269 e. The van der Waals surface area contributed by atoms with Gasteiger partial charge in [0.25, 0.3) is 11.8 Å². The number of benzene rings is 1. The number of thiazole rings is 1. The topological polar surface area (TPSA) is 74.7 Å². The van der Waals surface area contributed by atoms with Crippen LogP contribution in [-0.2, 0) is 5.88 Å². The van der Waals surface area contributed by atoms with E-state index in [2.05, 4.69) is 15.5 Å². The van der Waals surface area contributed by atoms with Gasteiger partial charge in [-0.05, 0) is 12.1 Å². The van der Waals surface area contributed by atoms with Crippen LogP contribution in [0.4, 0.5) is 5.13 Å². The number of nitrogens with zero attached hydrogens (tertiary/aromatic N) is 3. The van der Waals surface area contributed by atoms with Crippen LogP contribution in [0.25, 0.3) is 0 Å². The molecule has 0 bridgehead atoms. The molecule has 2 amide bonds. The van der Waals surface area contributed by atoms with Crippen molar-refractivity contribution in [3.63, 3.8) is 0 Å². The quantitative estimate of drug-likeness (QED) is 0.395.